The highest BCUT2D eigenvalue weighted by molar-refractivity contribution is 5.99. The number of alkyl carbamates (subject to hydrolysis) is 1. The van der Waals surface area contributed by atoms with Crippen molar-refractivity contribution in [3.8, 4) is 5.75 Å². The number of carbonyl (C=O) groups is 3. The summed E-state index contributed by atoms with van der Waals surface area (Å²) in [6, 6.07) is 10.4. The van der Waals surface area contributed by atoms with Crippen LogP contribution in [-0.4, -0.2) is 46.1 Å². The van der Waals surface area contributed by atoms with Gasteiger partial charge in [-0.05, 0) is 64.2 Å². The maximum absolute atomic E-state index is 14.1. The van der Waals surface area contributed by atoms with Gasteiger partial charge in [-0.3, -0.25) is 9.59 Å². The van der Waals surface area contributed by atoms with Crippen LogP contribution in [0, 0.1) is 19.8 Å². The molecule has 8 nitrogen and oxygen atoms in total. The number of phenols is 1. The van der Waals surface area contributed by atoms with Gasteiger partial charge < -0.3 is 25.4 Å². The molecule has 3 amide bonds. The van der Waals surface area contributed by atoms with Crippen LogP contribution >= 0.6 is 0 Å². The average molecular weight is 526 g/mol. The topological polar surface area (TPSA) is 108 Å². The SMILES string of the molecule is CCCCN(C(=O)C(NC(=O)OC(C)(C)C)C(C)C)C(C(=O)Nc1ccccc1C)c1cccc(C)c1O. The predicted molar refractivity (Wildman–Crippen MR) is 150 cm³/mol. The van der Waals surface area contributed by atoms with Gasteiger partial charge in [-0.25, -0.2) is 4.79 Å². The van der Waals surface area contributed by atoms with Crippen LogP contribution in [0.3, 0.4) is 0 Å². The maximum Gasteiger partial charge on any atom is 0.408 e. The third kappa shape index (κ3) is 8.23. The molecule has 2 aromatic rings. The fraction of sp³-hybridized carbons (Fsp3) is 0.500. The Morgan fingerprint density at radius 2 is 1.63 bits per heavy atom. The minimum atomic E-state index is -1.13. The smallest absolute Gasteiger partial charge is 0.408 e. The van der Waals surface area contributed by atoms with Crippen molar-refractivity contribution in [2.75, 3.05) is 11.9 Å². The summed E-state index contributed by atoms with van der Waals surface area (Å²) in [7, 11) is 0. The van der Waals surface area contributed by atoms with E-state index in [1.165, 1.54) is 4.90 Å². The molecule has 8 heteroatoms. The van der Waals surface area contributed by atoms with Crippen LogP contribution in [0.5, 0.6) is 5.75 Å². The van der Waals surface area contributed by atoms with Gasteiger partial charge in [0.05, 0.1) is 0 Å². The summed E-state index contributed by atoms with van der Waals surface area (Å²) >= 11 is 0. The number of unbranched alkanes of at least 4 members (excludes halogenated alkanes) is 1. The Hall–Kier alpha value is -3.55. The van der Waals surface area contributed by atoms with Gasteiger partial charge >= 0.3 is 6.09 Å². The molecule has 0 radical (unpaired) electrons. The lowest BCUT2D eigenvalue weighted by atomic mass is 9.96. The van der Waals surface area contributed by atoms with Gasteiger partial charge in [0.1, 0.15) is 23.4 Å². The zero-order chi connectivity index (χ0) is 28.6. The molecule has 0 bridgehead atoms. The molecule has 0 saturated heterocycles. The molecule has 2 rings (SSSR count). The summed E-state index contributed by atoms with van der Waals surface area (Å²) in [5, 5.41) is 16.7. The Morgan fingerprint density at radius 3 is 2.21 bits per heavy atom. The number of aromatic hydroxyl groups is 1. The van der Waals surface area contributed by atoms with Crippen molar-refractivity contribution < 1.29 is 24.2 Å². The number of carbonyl (C=O) groups excluding carboxylic acids is 3. The fourth-order valence-corrected chi connectivity index (χ4v) is 4.09. The second-order valence-electron chi connectivity index (χ2n) is 11.0. The average Bonchev–Trinajstić information content (AvgIpc) is 2.82. The molecule has 0 aliphatic rings. The van der Waals surface area contributed by atoms with Crippen molar-refractivity contribution in [3.05, 3.63) is 59.2 Å². The van der Waals surface area contributed by atoms with Crippen LogP contribution in [0.4, 0.5) is 10.5 Å². The van der Waals surface area contributed by atoms with Crippen molar-refractivity contribution in [2.24, 2.45) is 5.92 Å². The molecule has 0 saturated carbocycles. The van der Waals surface area contributed by atoms with Crippen LogP contribution in [0.2, 0.25) is 0 Å². The van der Waals surface area contributed by atoms with Crippen LogP contribution in [0.15, 0.2) is 42.5 Å². The Kier molecular flexibility index (Phi) is 10.7. The number of hydrogen-bond acceptors (Lipinski definition) is 5. The van der Waals surface area contributed by atoms with E-state index < -0.39 is 35.6 Å². The first kappa shape index (κ1) is 30.7. The lowest BCUT2D eigenvalue weighted by molar-refractivity contribution is -0.141. The maximum atomic E-state index is 14.1. The predicted octanol–water partition coefficient (Wildman–Crippen LogP) is 5.87. The van der Waals surface area contributed by atoms with Crippen molar-refractivity contribution in [1.82, 2.24) is 10.2 Å². The molecule has 0 fully saturated rings. The van der Waals surface area contributed by atoms with Crippen LogP contribution < -0.4 is 10.6 Å². The number of benzene rings is 2. The Labute approximate surface area is 226 Å². The number of hydrogen-bond donors (Lipinski definition) is 3. The fourth-order valence-electron chi connectivity index (χ4n) is 4.09. The first-order chi connectivity index (χ1) is 17.8. The number of aryl methyl sites for hydroxylation is 2. The molecule has 0 aromatic heterocycles. The zero-order valence-electron chi connectivity index (χ0n) is 23.9. The number of para-hydroxylation sites is 2. The quantitative estimate of drug-likeness (QED) is 0.360. The number of ether oxygens (including phenoxy) is 1. The molecule has 208 valence electrons. The lowest BCUT2D eigenvalue weighted by Crippen LogP contribution is -2.54. The molecule has 2 atom stereocenters. The van der Waals surface area contributed by atoms with E-state index in [0.29, 0.717) is 23.2 Å². The number of rotatable bonds is 10. The highest BCUT2D eigenvalue weighted by Gasteiger charge is 2.38. The Balaban J connectivity index is 2.58. The van der Waals surface area contributed by atoms with Crippen LogP contribution in [0.25, 0.3) is 0 Å². The van der Waals surface area contributed by atoms with E-state index in [1.807, 2.05) is 45.9 Å². The van der Waals surface area contributed by atoms with E-state index >= 15 is 0 Å². The second-order valence-corrected chi connectivity index (χ2v) is 11.0. The molecule has 38 heavy (non-hydrogen) atoms. The molecule has 0 heterocycles. The first-order valence-electron chi connectivity index (χ1n) is 13.2. The molecular formula is C30H43N3O5. The highest BCUT2D eigenvalue weighted by atomic mass is 16.6. The largest absolute Gasteiger partial charge is 0.507 e. The van der Waals surface area contributed by atoms with Gasteiger partial charge in [0, 0.05) is 17.8 Å². The normalized spacial score (nSPS) is 13.0. The number of nitrogens with zero attached hydrogens (tertiary/aromatic N) is 1. The number of nitrogens with one attached hydrogen (secondary N) is 2. The zero-order valence-corrected chi connectivity index (χ0v) is 23.9. The van der Waals surface area contributed by atoms with E-state index in [2.05, 4.69) is 10.6 Å². The minimum Gasteiger partial charge on any atom is -0.507 e. The highest BCUT2D eigenvalue weighted by Crippen LogP contribution is 2.34. The number of phenolic OH excluding ortho intramolecular Hbond substituents is 1. The number of anilines is 1. The summed E-state index contributed by atoms with van der Waals surface area (Å²) in [4.78, 5) is 42.1. The van der Waals surface area contributed by atoms with Gasteiger partial charge in [0.25, 0.3) is 5.91 Å². The molecule has 0 spiro atoms. The molecular weight excluding hydrogens is 482 g/mol. The Morgan fingerprint density at radius 1 is 1.00 bits per heavy atom. The molecule has 0 aliphatic carbocycles. The van der Waals surface area contributed by atoms with Gasteiger partial charge in [-0.2, -0.15) is 0 Å². The second kappa shape index (κ2) is 13.3. The van der Waals surface area contributed by atoms with Gasteiger partial charge in [-0.1, -0.05) is 63.6 Å². The van der Waals surface area contributed by atoms with E-state index in [0.717, 1.165) is 12.0 Å². The summed E-state index contributed by atoms with van der Waals surface area (Å²) in [6.45, 7) is 14.8. The first-order valence-corrected chi connectivity index (χ1v) is 13.2. The van der Waals surface area contributed by atoms with Crippen molar-refractivity contribution in [1.29, 1.82) is 0 Å². The Bertz CT molecular complexity index is 1120. The summed E-state index contributed by atoms with van der Waals surface area (Å²) < 4.78 is 5.41. The number of amides is 3. The van der Waals surface area contributed by atoms with Gasteiger partial charge in [0.2, 0.25) is 5.91 Å². The molecule has 2 aromatic carbocycles. The van der Waals surface area contributed by atoms with E-state index in [-0.39, 0.29) is 18.2 Å². The summed E-state index contributed by atoms with van der Waals surface area (Å²) in [6.07, 6.45) is 0.699. The van der Waals surface area contributed by atoms with Gasteiger partial charge in [0.15, 0.2) is 0 Å². The van der Waals surface area contributed by atoms with Crippen LogP contribution in [-0.2, 0) is 14.3 Å². The van der Waals surface area contributed by atoms with E-state index in [9.17, 15) is 19.5 Å². The minimum absolute atomic E-state index is 0.0482. The molecule has 2 unspecified atom stereocenters. The van der Waals surface area contributed by atoms with Crippen LogP contribution in [0.1, 0.15) is 77.1 Å². The third-order valence-corrected chi connectivity index (χ3v) is 6.17. The molecule has 3 N–H and O–H groups in total. The molecule has 0 aliphatic heterocycles. The summed E-state index contributed by atoms with van der Waals surface area (Å²) in [5.41, 5.74) is 1.66. The summed E-state index contributed by atoms with van der Waals surface area (Å²) in [5.74, 6) is -1.21. The van der Waals surface area contributed by atoms with Crippen molar-refractivity contribution >= 4 is 23.6 Å². The standard InChI is InChI=1S/C30H43N3O5/c1-9-10-18-33(28(36)24(19(2)3)32-29(37)38-30(6,7)8)25(22-16-13-15-21(5)26(22)34)27(35)31-23-17-12-11-14-20(23)4/h11-17,19,24-25,34H,9-10,18H2,1-8H3,(H,31,35)(H,32,37). The third-order valence-electron chi connectivity index (χ3n) is 6.17. The van der Waals surface area contributed by atoms with Crippen molar-refractivity contribution in [2.45, 2.75) is 85.9 Å². The van der Waals surface area contributed by atoms with Crippen molar-refractivity contribution in [3.63, 3.8) is 0 Å². The van der Waals surface area contributed by atoms with Gasteiger partial charge in [-0.15, -0.1) is 0 Å². The van der Waals surface area contributed by atoms with E-state index in [1.54, 1.807) is 52.0 Å². The van der Waals surface area contributed by atoms with E-state index in [4.69, 9.17) is 4.74 Å². The monoisotopic (exact) mass is 525 g/mol. The lowest BCUT2D eigenvalue weighted by Gasteiger charge is -2.36.